The van der Waals surface area contributed by atoms with Crippen LogP contribution in [0.25, 0.3) is 10.8 Å². The summed E-state index contributed by atoms with van der Waals surface area (Å²) in [6, 6.07) is 18.9. The van der Waals surface area contributed by atoms with Gasteiger partial charge in [-0.2, -0.15) is 5.26 Å². The van der Waals surface area contributed by atoms with E-state index in [1.54, 1.807) is 6.07 Å². The minimum Gasteiger partial charge on any atom is -0.496 e. The van der Waals surface area contributed by atoms with Crippen molar-refractivity contribution < 1.29 is 28.6 Å². The van der Waals surface area contributed by atoms with Crippen molar-refractivity contribution in [3.8, 4) is 17.6 Å². The molecule has 0 unspecified atom stereocenters. The molecule has 3 aliphatic rings. The minimum absolute atomic E-state index is 0.0559. The Morgan fingerprint density at radius 2 is 1.70 bits per heavy atom. The van der Waals surface area contributed by atoms with Crippen molar-refractivity contribution >= 4 is 28.6 Å². The summed E-state index contributed by atoms with van der Waals surface area (Å²) < 4.78 is 17.8. The van der Waals surface area contributed by atoms with E-state index in [1.807, 2.05) is 49.4 Å². The number of hydrogen-bond acceptors (Lipinski definition) is 7. The van der Waals surface area contributed by atoms with Gasteiger partial charge in [0, 0.05) is 18.7 Å². The standard InChI is InChI=1S/C41H47N3O6/c1-40(2,3)24-43-38(46)35-26-13-14-27(19-26)36(35)44-37(45)32-21-33(29(22-42)20-34(32)48-5)50-30-15-17-41(4,18-16-30)39(47)49-23-28-11-8-10-25-9-6-7-12-31(25)28/h6-14,20-21,26-27,30,35-36H,15-19,23-24H2,1-5H3,(H,43,46)(H,44,45)/t26-,27+,30?,35+,36-,41?/m1/s1. The highest BCUT2D eigenvalue weighted by molar-refractivity contribution is 5.98. The van der Waals surface area contributed by atoms with Crippen molar-refractivity contribution in [3.05, 3.63) is 83.4 Å². The molecule has 2 N–H and O–H groups in total. The van der Waals surface area contributed by atoms with E-state index in [2.05, 4.69) is 49.6 Å². The van der Waals surface area contributed by atoms with E-state index in [4.69, 9.17) is 14.2 Å². The van der Waals surface area contributed by atoms with Crippen molar-refractivity contribution in [1.82, 2.24) is 10.6 Å². The number of methoxy groups -OCH3 is 1. The van der Waals surface area contributed by atoms with E-state index in [0.29, 0.717) is 32.2 Å². The maximum atomic E-state index is 13.8. The second-order valence-corrected chi connectivity index (χ2v) is 15.5. The Morgan fingerprint density at radius 1 is 0.980 bits per heavy atom. The summed E-state index contributed by atoms with van der Waals surface area (Å²) in [7, 11) is 1.46. The number of carbonyl (C=O) groups excluding carboxylic acids is 3. The molecule has 262 valence electrons. The second-order valence-electron chi connectivity index (χ2n) is 15.5. The van der Waals surface area contributed by atoms with E-state index in [1.165, 1.54) is 13.2 Å². The third-order valence-electron chi connectivity index (χ3n) is 10.6. The first-order chi connectivity index (χ1) is 23.9. The van der Waals surface area contributed by atoms with Crippen LogP contribution in [0, 0.1) is 39.9 Å². The lowest BCUT2D eigenvalue weighted by molar-refractivity contribution is -0.159. The predicted molar refractivity (Wildman–Crippen MR) is 190 cm³/mol. The normalized spacial score (nSPS) is 25.5. The molecule has 0 aliphatic heterocycles. The maximum absolute atomic E-state index is 13.8. The SMILES string of the molecule is COc1cc(C#N)c(OC2CCC(C)(C(=O)OCc3cccc4ccccc34)CC2)cc1C(=O)N[C@H]1[C@@H](C(=O)NCC(C)(C)C)[C@@H]2C=C[C@H]1C2. The van der Waals surface area contributed by atoms with E-state index in [9.17, 15) is 19.6 Å². The van der Waals surface area contributed by atoms with E-state index in [0.717, 1.165) is 22.8 Å². The molecular formula is C41H47N3O6. The molecule has 6 rings (SSSR count). The largest absolute Gasteiger partial charge is 0.496 e. The van der Waals surface area contributed by atoms with Crippen molar-refractivity contribution in [2.24, 2.45) is 28.6 Å². The molecule has 0 aromatic heterocycles. The number of ether oxygens (including phenoxy) is 3. The number of hydrogen-bond donors (Lipinski definition) is 2. The molecule has 0 radical (unpaired) electrons. The zero-order valence-electron chi connectivity index (χ0n) is 29.6. The van der Waals surface area contributed by atoms with Crippen LogP contribution in [0.5, 0.6) is 11.5 Å². The molecule has 2 fully saturated rings. The average molecular weight is 678 g/mol. The lowest BCUT2D eigenvalue weighted by Crippen LogP contribution is -2.49. The van der Waals surface area contributed by atoms with E-state index in [-0.39, 0.29) is 82.3 Å². The number of benzene rings is 3. The van der Waals surface area contributed by atoms with Crippen LogP contribution in [-0.4, -0.2) is 43.6 Å². The van der Waals surface area contributed by atoms with Gasteiger partial charge in [-0.25, -0.2) is 0 Å². The monoisotopic (exact) mass is 677 g/mol. The number of nitriles is 1. The molecule has 0 heterocycles. The fourth-order valence-electron chi connectivity index (χ4n) is 7.63. The molecule has 0 spiro atoms. The fourth-order valence-corrected chi connectivity index (χ4v) is 7.63. The first kappa shape index (κ1) is 35.0. The molecule has 3 aromatic carbocycles. The molecule has 0 saturated heterocycles. The summed E-state index contributed by atoms with van der Waals surface area (Å²) in [5, 5.41) is 18.4. The first-order valence-electron chi connectivity index (χ1n) is 17.6. The van der Waals surface area contributed by atoms with Crippen molar-refractivity contribution in [3.63, 3.8) is 0 Å². The smallest absolute Gasteiger partial charge is 0.312 e. The molecule has 2 bridgehead atoms. The van der Waals surface area contributed by atoms with E-state index >= 15 is 0 Å². The lowest BCUT2D eigenvalue weighted by atomic mass is 9.74. The molecule has 3 aliphatic carbocycles. The summed E-state index contributed by atoms with van der Waals surface area (Å²) >= 11 is 0. The molecule has 3 aromatic rings. The molecule has 50 heavy (non-hydrogen) atoms. The van der Waals surface area contributed by atoms with Crippen molar-refractivity contribution in [1.29, 1.82) is 5.26 Å². The van der Waals surface area contributed by atoms with Gasteiger partial charge in [0.2, 0.25) is 5.91 Å². The topological polar surface area (TPSA) is 127 Å². The van der Waals surface area contributed by atoms with Gasteiger partial charge in [0.25, 0.3) is 5.91 Å². The van der Waals surface area contributed by atoms with Gasteiger partial charge in [0.15, 0.2) is 0 Å². The molecule has 9 nitrogen and oxygen atoms in total. The zero-order valence-corrected chi connectivity index (χ0v) is 29.6. The third-order valence-corrected chi connectivity index (χ3v) is 10.6. The summed E-state index contributed by atoms with van der Waals surface area (Å²) in [5.41, 5.74) is 0.741. The highest BCUT2D eigenvalue weighted by atomic mass is 16.5. The Hall–Kier alpha value is -4.84. The van der Waals surface area contributed by atoms with Crippen molar-refractivity contribution in [2.45, 2.75) is 78.6 Å². The highest BCUT2D eigenvalue weighted by Gasteiger charge is 2.49. The van der Waals surface area contributed by atoms with Crippen LogP contribution >= 0.6 is 0 Å². The number of fused-ring (bicyclic) bond motifs is 3. The number of rotatable bonds is 10. The van der Waals surface area contributed by atoms with Gasteiger partial charge in [0.1, 0.15) is 24.2 Å². The van der Waals surface area contributed by atoms with Gasteiger partial charge < -0.3 is 24.8 Å². The molecule has 2 amide bonds. The number of carbonyl (C=O) groups is 3. The quantitative estimate of drug-likeness (QED) is 0.177. The Bertz CT molecular complexity index is 1840. The van der Waals surface area contributed by atoms with Crippen LogP contribution < -0.4 is 20.1 Å². The Balaban J connectivity index is 1.11. The number of esters is 1. The Morgan fingerprint density at radius 3 is 2.42 bits per heavy atom. The zero-order chi connectivity index (χ0) is 35.6. The van der Waals surface area contributed by atoms with E-state index < -0.39 is 5.41 Å². The van der Waals surface area contributed by atoms with Gasteiger partial charge >= 0.3 is 5.97 Å². The number of nitrogens with one attached hydrogen (secondary N) is 2. The number of allylic oxidation sites excluding steroid dienone is 1. The summed E-state index contributed by atoms with van der Waals surface area (Å²) in [5.74, 6) is -0.371. The summed E-state index contributed by atoms with van der Waals surface area (Å²) in [4.78, 5) is 40.5. The van der Waals surface area contributed by atoms with Crippen LogP contribution in [0.3, 0.4) is 0 Å². The molecule has 2 saturated carbocycles. The van der Waals surface area contributed by atoms with Crippen LogP contribution in [-0.2, 0) is 20.9 Å². The number of amides is 2. The number of nitrogens with zero attached hydrogens (tertiary/aromatic N) is 1. The van der Waals surface area contributed by atoms with Gasteiger partial charge in [-0.05, 0) is 78.7 Å². The highest BCUT2D eigenvalue weighted by Crippen LogP contribution is 2.45. The van der Waals surface area contributed by atoms with Crippen LogP contribution in [0.2, 0.25) is 0 Å². The fraction of sp³-hybridized carbons (Fsp3) is 0.463. The molecule has 9 heteroatoms. The first-order valence-corrected chi connectivity index (χ1v) is 17.6. The summed E-state index contributed by atoms with van der Waals surface area (Å²) in [6.45, 7) is 8.89. The van der Waals surface area contributed by atoms with Crippen LogP contribution in [0.15, 0.2) is 66.7 Å². The maximum Gasteiger partial charge on any atom is 0.312 e. The summed E-state index contributed by atoms with van der Waals surface area (Å²) in [6.07, 6.45) is 7.03. The Kier molecular flexibility index (Phi) is 9.93. The lowest BCUT2D eigenvalue weighted by Gasteiger charge is -2.35. The minimum atomic E-state index is -0.654. The van der Waals surface area contributed by atoms with Crippen LogP contribution in [0.4, 0.5) is 0 Å². The van der Waals surface area contributed by atoms with Gasteiger partial charge in [-0.1, -0.05) is 75.4 Å². The Labute approximate surface area is 294 Å². The predicted octanol–water partition coefficient (Wildman–Crippen LogP) is 6.87. The average Bonchev–Trinajstić information content (AvgIpc) is 3.72. The van der Waals surface area contributed by atoms with Gasteiger partial charge in [-0.15, -0.1) is 0 Å². The third kappa shape index (κ3) is 7.35. The van der Waals surface area contributed by atoms with Gasteiger partial charge in [-0.3, -0.25) is 14.4 Å². The van der Waals surface area contributed by atoms with Crippen LogP contribution in [0.1, 0.15) is 81.3 Å². The van der Waals surface area contributed by atoms with Gasteiger partial charge in [0.05, 0.1) is 35.7 Å². The van der Waals surface area contributed by atoms with Crippen molar-refractivity contribution in [2.75, 3.05) is 13.7 Å². The molecular weight excluding hydrogens is 630 g/mol. The molecule has 4 atom stereocenters. The second kappa shape index (κ2) is 14.2.